The van der Waals surface area contributed by atoms with Gasteiger partial charge in [0.2, 0.25) is 0 Å². The first-order valence-corrected chi connectivity index (χ1v) is 5.85. The molecule has 1 rings (SSSR count). The number of benzene rings is 1. The second-order valence-corrected chi connectivity index (χ2v) is 5.03. The highest BCUT2D eigenvalue weighted by molar-refractivity contribution is 9.10. The van der Waals surface area contributed by atoms with E-state index in [-0.39, 0.29) is 11.8 Å². The van der Waals surface area contributed by atoms with Gasteiger partial charge >= 0.3 is 0 Å². The smallest absolute Gasteiger partial charge is 0.179 e. The number of hydrogen-bond acceptors (Lipinski definition) is 2. The van der Waals surface area contributed by atoms with Crippen molar-refractivity contribution in [2.24, 2.45) is 11.7 Å². The van der Waals surface area contributed by atoms with E-state index >= 15 is 0 Å². The van der Waals surface area contributed by atoms with Crippen LogP contribution >= 0.6 is 15.9 Å². The van der Waals surface area contributed by atoms with Gasteiger partial charge < -0.3 is 5.73 Å². The second kappa shape index (κ2) is 5.42. The minimum Gasteiger partial charge on any atom is -0.321 e. The number of halogens is 1. The second-order valence-electron chi connectivity index (χ2n) is 4.11. The highest BCUT2D eigenvalue weighted by atomic mass is 79.9. The lowest BCUT2D eigenvalue weighted by atomic mass is 9.97. The zero-order valence-corrected chi connectivity index (χ0v) is 10.6. The van der Waals surface area contributed by atoms with E-state index in [1.54, 1.807) is 6.07 Å². The van der Waals surface area contributed by atoms with Crippen molar-refractivity contribution in [3.05, 3.63) is 34.3 Å². The van der Waals surface area contributed by atoms with E-state index in [4.69, 9.17) is 5.73 Å². The number of ketones is 1. The first-order chi connectivity index (χ1) is 7.00. The Labute approximate surface area is 99.0 Å². The third-order valence-electron chi connectivity index (χ3n) is 2.17. The van der Waals surface area contributed by atoms with E-state index in [0.717, 1.165) is 10.9 Å². The first kappa shape index (κ1) is 12.4. The summed E-state index contributed by atoms with van der Waals surface area (Å²) in [7, 11) is 0. The van der Waals surface area contributed by atoms with Crippen LogP contribution in [-0.4, -0.2) is 11.8 Å². The molecule has 0 heterocycles. The van der Waals surface area contributed by atoms with E-state index in [0.29, 0.717) is 11.5 Å². The summed E-state index contributed by atoms with van der Waals surface area (Å²) in [5, 5.41) is 0. The van der Waals surface area contributed by atoms with Crippen LogP contribution in [0.25, 0.3) is 0 Å². The summed E-state index contributed by atoms with van der Waals surface area (Å²) in [6.07, 6.45) is 0.728. The number of rotatable bonds is 4. The van der Waals surface area contributed by atoms with Crippen LogP contribution in [0.4, 0.5) is 0 Å². The van der Waals surface area contributed by atoms with E-state index < -0.39 is 0 Å². The van der Waals surface area contributed by atoms with Gasteiger partial charge in [0, 0.05) is 10.0 Å². The van der Waals surface area contributed by atoms with Gasteiger partial charge in [-0.05, 0) is 24.5 Å². The third kappa shape index (κ3) is 3.76. The SMILES string of the molecule is CC(C)CC(N)C(=O)c1cccc(Br)c1. The van der Waals surface area contributed by atoms with Crippen LogP contribution < -0.4 is 5.73 Å². The standard InChI is InChI=1S/C12H16BrNO/c1-8(2)6-11(14)12(15)9-4-3-5-10(13)7-9/h3-5,7-8,11H,6,14H2,1-2H3. The Balaban J connectivity index is 2.76. The van der Waals surface area contributed by atoms with Crippen molar-refractivity contribution in [3.63, 3.8) is 0 Å². The van der Waals surface area contributed by atoms with Crippen molar-refractivity contribution in [2.75, 3.05) is 0 Å². The van der Waals surface area contributed by atoms with Crippen molar-refractivity contribution < 1.29 is 4.79 Å². The zero-order chi connectivity index (χ0) is 11.4. The maximum atomic E-state index is 11.9. The number of Topliss-reactive ketones (excluding diaryl/α,β-unsaturated/α-hetero) is 1. The summed E-state index contributed by atoms with van der Waals surface area (Å²) in [6.45, 7) is 4.13. The molecule has 1 aromatic carbocycles. The summed E-state index contributed by atoms with van der Waals surface area (Å²) >= 11 is 3.34. The summed E-state index contributed by atoms with van der Waals surface area (Å²) < 4.78 is 0.907. The number of nitrogens with two attached hydrogens (primary N) is 1. The van der Waals surface area contributed by atoms with Crippen LogP contribution in [0.15, 0.2) is 28.7 Å². The van der Waals surface area contributed by atoms with Gasteiger partial charge in [-0.2, -0.15) is 0 Å². The molecule has 0 amide bonds. The average Bonchev–Trinajstić information content (AvgIpc) is 2.15. The number of carbonyl (C=O) groups is 1. The predicted molar refractivity (Wildman–Crippen MR) is 65.9 cm³/mol. The van der Waals surface area contributed by atoms with Crippen LogP contribution in [0.2, 0.25) is 0 Å². The molecule has 15 heavy (non-hydrogen) atoms. The van der Waals surface area contributed by atoms with Gasteiger partial charge in [0.15, 0.2) is 5.78 Å². The third-order valence-corrected chi connectivity index (χ3v) is 2.66. The summed E-state index contributed by atoms with van der Waals surface area (Å²) in [5.41, 5.74) is 6.51. The van der Waals surface area contributed by atoms with Crippen molar-refractivity contribution in [1.82, 2.24) is 0 Å². The van der Waals surface area contributed by atoms with Gasteiger partial charge in [0.1, 0.15) is 0 Å². The molecule has 0 spiro atoms. The largest absolute Gasteiger partial charge is 0.321 e. The lowest BCUT2D eigenvalue weighted by Gasteiger charge is -2.12. The zero-order valence-electron chi connectivity index (χ0n) is 9.03. The van der Waals surface area contributed by atoms with E-state index in [2.05, 4.69) is 29.8 Å². The molecule has 0 saturated heterocycles. The Morgan fingerprint density at radius 2 is 2.13 bits per heavy atom. The molecule has 0 saturated carbocycles. The fraction of sp³-hybridized carbons (Fsp3) is 0.417. The Bertz CT molecular complexity index is 349. The molecule has 0 aromatic heterocycles. The Morgan fingerprint density at radius 1 is 1.47 bits per heavy atom. The molecule has 0 aliphatic rings. The fourth-order valence-corrected chi connectivity index (χ4v) is 1.87. The van der Waals surface area contributed by atoms with Crippen LogP contribution in [0, 0.1) is 5.92 Å². The van der Waals surface area contributed by atoms with Crippen molar-refractivity contribution in [2.45, 2.75) is 26.3 Å². The maximum Gasteiger partial charge on any atom is 0.179 e. The Morgan fingerprint density at radius 3 is 2.67 bits per heavy atom. The highest BCUT2D eigenvalue weighted by Crippen LogP contribution is 2.14. The summed E-state index contributed by atoms with van der Waals surface area (Å²) in [4.78, 5) is 11.9. The Hall–Kier alpha value is -0.670. The van der Waals surface area contributed by atoms with E-state index in [1.165, 1.54) is 0 Å². The summed E-state index contributed by atoms with van der Waals surface area (Å²) in [5.74, 6) is 0.459. The fourth-order valence-electron chi connectivity index (χ4n) is 1.47. The van der Waals surface area contributed by atoms with Crippen molar-refractivity contribution >= 4 is 21.7 Å². The lowest BCUT2D eigenvalue weighted by Crippen LogP contribution is -2.31. The van der Waals surface area contributed by atoms with Gasteiger partial charge in [0.25, 0.3) is 0 Å². The average molecular weight is 270 g/mol. The minimum atomic E-state index is -0.390. The van der Waals surface area contributed by atoms with Crippen LogP contribution in [0.5, 0.6) is 0 Å². The molecule has 0 aliphatic carbocycles. The molecule has 0 radical (unpaired) electrons. The molecule has 0 aliphatic heterocycles. The predicted octanol–water partition coefficient (Wildman–Crippen LogP) is 3.01. The number of hydrogen-bond donors (Lipinski definition) is 1. The van der Waals surface area contributed by atoms with Gasteiger partial charge in [-0.15, -0.1) is 0 Å². The molecule has 82 valence electrons. The van der Waals surface area contributed by atoms with Gasteiger partial charge in [0.05, 0.1) is 6.04 Å². The minimum absolute atomic E-state index is 0.0185. The molecule has 0 fully saturated rings. The molecule has 1 aromatic rings. The summed E-state index contributed by atoms with van der Waals surface area (Å²) in [6, 6.07) is 6.96. The molecule has 2 nitrogen and oxygen atoms in total. The molecular formula is C12H16BrNO. The Kier molecular flexibility index (Phi) is 4.48. The van der Waals surface area contributed by atoms with Crippen LogP contribution in [0.1, 0.15) is 30.6 Å². The molecule has 3 heteroatoms. The molecule has 1 atom stereocenters. The highest BCUT2D eigenvalue weighted by Gasteiger charge is 2.16. The van der Waals surface area contributed by atoms with Crippen molar-refractivity contribution in [1.29, 1.82) is 0 Å². The molecule has 1 unspecified atom stereocenters. The quantitative estimate of drug-likeness (QED) is 0.854. The normalized spacial score (nSPS) is 12.9. The van der Waals surface area contributed by atoms with Gasteiger partial charge in [-0.1, -0.05) is 41.9 Å². The van der Waals surface area contributed by atoms with E-state index in [1.807, 2.05) is 18.2 Å². The molecule has 0 bridgehead atoms. The van der Waals surface area contributed by atoms with Crippen molar-refractivity contribution in [3.8, 4) is 0 Å². The maximum absolute atomic E-state index is 11.9. The van der Waals surface area contributed by atoms with Gasteiger partial charge in [-0.25, -0.2) is 0 Å². The number of carbonyl (C=O) groups excluding carboxylic acids is 1. The lowest BCUT2D eigenvalue weighted by molar-refractivity contribution is 0.0951. The van der Waals surface area contributed by atoms with E-state index in [9.17, 15) is 4.79 Å². The molecular weight excluding hydrogens is 254 g/mol. The van der Waals surface area contributed by atoms with Crippen LogP contribution in [-0.2, 0) is 0 Å². The first-order valence-electron chi connectivity index (χ1n) is 5.06. The molecule has 2 N–H and O–H groups in total. The van der Waals surface area contributed by atoms with Crippen LogP contribution in [0.3, 0.4) is 0 Å². The van der Waals surface area contributed by atoms with Gasteiger partial charge in [-0.3, -0.25) is 4.79 Å². The topological polar surface area (TPSA) is 43.1 Å². The monoisotopic (exact) mass is 269 g/mol.